The zero-order valence-electron chi connectivity index (χ0n) is 12.8. The van der Waals surface area contributed by atoms with E-state index in [1.54, 1.807) is 0 Å². The van der Waals surface area contributed by atoms with E-state index in [9.17, 15) is 9.59 Å². The first-order chi connectivity index (χ1) is 9.40. The predicted molar refractivity (Wildman–Crippen MR) is 76.4 cm³/mol. The molecule has 0 bridgehead atoms. The summed E-state index contributed by atoms with van der Waals surface area (Å²) in [5.41, 5.74) is -0.637. The molecule has 5 heteroatoms. The topological polar surface area (TPSA) is 75.6 Å². The number of carbonyl (C=O) groups excluding carboxylic acids is 1. The Bertz CT molecular complexity index is 335. The van der Waals surface area contributed by atoms with Crippen molar-refractivity contribution in [2.75, 3.05) is 13.2 Å². The van der Waals surface area contributed by atoms with Crippen LogP contribution in [0.5, 0.6) is 0 Å². The first-order valence-corrected chi connectivity index (χ1v) is 7.52. The summed E-state index contributed by atoms with van der Waals surface area (Å²) in [6, 6.07) is 0. The monoisotopic (exact) mass is 285 g/mol. The van der Waals surface area contributed by atoms with E-state index in [1.807, 2.05) is 13.8 Å². The number of carbonyl (C=O) groups is 2. The molecule has 0 spiro atoms. The minimum absolute atomic E-state index is 0.00926. The highest BCUT2D eigenvalue weighted by Crippen LogP contribution is 2.27. The molecule has 1 saturated heterocycles. The second-order valence-corrected chi connectivity index (χ2v) is 6.09. The van der Waals surface area contributed by atoms with Gasteiger partial charge >= 0.3 is 5.97 Å². The van der Waals surface area contributed by atoms with E-state index in [4.69, 9.17) is 9.84 Å². The summed E-state index contributed by atoms with van der Waals surface area (Å²) in [7, 11) is 0. The van der Waals surface area contributed by atoms with Crippen molar-refractivity contribution in [3.63, 3.8) is 0 Å². The van der Waals surface area contributed by atoms with Gasteiger partial charge < -0.3 is 15.2 Å². The van der Waals surface area contributed by atoms with E-state index in [2.05, 4.69) is 12.2 Å². The molecule has 0 saturated carbocycles. The van der Waals surface area contributed by atoms with Crippen LogP contribution in [-0.4, -0.2) is 35.7 Å². The van der Waals surface area contributed by atoms with Crippen molar-refractivity contribution in [2.24, 2.45) is 11.8 Å². The van der Waals surface area contributed by atoms with Gasteiger partial charge in [0.15, 0.2) is 0 Å². The van der Waals surface area contributed by atoms with Crippen LogP contribution < -0.4 is 5.32 Å². The molecule has 1 aliphatic heterocycles. The fraction of sp³-hybridized carbons (Fsp3) is 0.867. The Balaban J connectivity index is 2.77. The van der Waals surface area contributed by atoms with Crippen LogP contribution in [-0.2, 0) is 14.3 Å². The molecular weight excluding hydrogens is 258 g/mol. The largest absolute Gasteiger partial charge is 0.481 e. The van der Waals surface area contributed by atoms with Crippen LogP contribution in [0.15, 0.2) is 0 Å². The second-order valence-electron chi connectivity index (χ2n) is 6.09. The van der Waals surface area contributed by atoms with Crippen molar-refractivity contribution in [1.29, 1.82) is 0 Å². The average molecular weight is 285 g/mol. The number of carboxylic acid groups (broad SMARTS) is 1. The molecule has 1 fully saturated rings. The standard InChI is InChI=1S/C15H27NO4/c1-4-5-12(11(2)3)14(19)16-15(10-13(17)18)6-8-20-9-7-15/h11-12H,4-10H2,1-3H3,(H,16,19)(H,17,18). The van der Waals surface area contributed by atoms with Gasteiger partial charge in [0.1, 0.15) is 0 Å². The number of hydrogen-bond acceptors (Lipinski definition) is 3. The van der Waals surface area contributed by atoms with E-state index in [-0.39, 0.29) is 24.2 Å². The molecule has 1 unspecified atom stereocenters. The van der Waals surface area contributed by atoms with Crippen LogP contribution in [0.25, 0.3) is 0 Å². The maximum Gasteiger partial charge on any atom is 0.305 e. The van der Waals surface area contributed by atoms with Crippen molar-refractivity contribution in [3.8, 4) is 0 Å². The molecule has 0 radical (unpaired) electrons. The highest BCUT2D eigenvalue weighted by molar-refractivity contribution is 5.80. The van der Waals surface area contributed by atoms with Crippen LogP contribution in [0.4, 0.5) is 0 Å². The van der Waals surface area contributed by atoms with Gasteiger partial charge in [-0.25, -0.2) is 0 Å². The highest BCUT2D eigenvalue weighted by Gasteiger charge is 2.38. The van der Waals surface area contributed by atoms with Crippen LogP contribution >= 0.6 is 0 Å². The summed E-state index contributed by atoms with van der Waals surface area (Å²) in [5.74, 6) is -0.668. The van der Waals surface area contributed by atoms with Crippen LogP contribution in [0.2, 0.25) is 0 Å². The Morgan fingerprint density at radius 2 is 1.90 bits per heavy atom. The number of hydrogen-bond donors (Lipinski definition) is 2. The zero-order chi connectivity index (χ0) is 15.2. The van der Waals surface area contributed by atoms with Gasteiger partial charge in [-0.05, 0) is 25.2 Å². The number of rotatable bonds is 7. The molecule has 0 aliphatic carbocycles. The number of aliphatic carboxylic acids is 1. The summed E-state index contributed by atoms with van der Waals surface area (Å²) in [6.07, 6.45) is 2.90. The summed E-state index contributed by atoms with van der Waals surface area (Å²) in [4.78, 5) is 23.6. The molecule has 5 nitrogen and oxygen atoms in total. The molecule has 1 atom stereocenters. The van der Waals surface area contributed by atoms with Crippen molar-refractivity contribution in [1.82, 2.24) is 5.32 Å². The minimum atomic E-state index is -0.871. The normalized spacial score (nSPS) is 19.6. The summed E-state index contributed by atoms with van der Waals surface area (Å²) < 4.78 is 5.30. The van der Waals surface area contributed by atoms with Crippen molar-refractivity contribution < 1.29 is 19.4 Å². The van der Waals surface area contributed by atoms with Gasteiger partial charge in [-0.3, -0.25) is 9.59 Å². The molecule has 1 heterocycles. The third-order valence-corrected chi connectivity index (χ3v) is 4.07. The number of ether oxygens (including phenoxy) is 1. The lowest BCUT2D eigenvalue weighted by molar-refractivity contribution is -0.141. The molecule has 0 aromatic heterocycles. The number of nitrogens with one attached hydrogen (secondary N) is 1. The SMILES string of the molecule is CCCC(C(=O)NC1(CC(=O)O)CCOCC1)C(C)C. The smallest absolute Gasteiger partial charge is 0.305 e. The van der Waals surface area contributed by atoms with Gasteiger partial charge in [0.25, 0.3) is 0 Å². The lowest BCUT2D eigenvalue weighted by atomic mass is 9.84. The fourth-order valence-corrected chi connectivity index (χ4v) is 2.83. The maximum absolute atomic E-state index is 12.5. The van der Waals surface area contributed by atoms with Gasteiger partial charge in [0.2, 0.25) is 5.91 Å². The van der Waals surface area contributed by atoms with Gasteiger partial charge in [-0.15, -0.1) is 0 Å². The lowest BCUT2D eigenvalue weighted by Gasteiger charge is -2.38. The molecular formula is C15H27NO4. The van der Waals surface area contributed by atoms with Gasteiger partial charge in [0, 0.05) is 19.1 Å². The Morgan fingerprint density at radius 1 is 1.30 bits per heavy atom. The Kier molecular flexibility index (Phi) is 6.46. The van der Waals surface area contributed by atoms with E-state index in [1.165, 1.54) is 0 Å². The molecule has 0 aromatic rings. The van der Waals surface area contributed by atoms with Gasteiger partial charge in [0.05, 0.1) is 12.0 Å². The van der Waals surface area contributed by atoms with Gasteiger partial charge in [-0.2, -0.15) is 0 Å². The number of carboxylic acids is 1. The Hall–Kier alpha value is -1.10. The van der Waals surface area contributed by atoms with E-state index in [0.717, 1.165) is 12.8 Å². The van der Waals surface area contributed by atoms with E-state index < -0.39 is 11.5 Å². The van der Waals surface area contributed by atoms with Crippen molar-refractivity contribution in [2.45, 2.75) is 58.4 Å². The Morgan fingerprint density at radius 3 is 2.35 bits per heavy atom. The molecule has 0 aromatic carbocycles. The summed E-state index contributed by atoms with van der Waals surface area (Å²) in [6.45, 7) is 7.15. The van der Waals surface area contributed by atoms with E-state index >= 15 is 0 Å². The maximum atomic E-state index is 12.5. The molecule has 116 valence electrons. The minimum Gasteiger partial charge on any atom is -0.481 e. The average Bonchev–Trinajstić information content (AvgIpc) is 2.35. The highest BCUT2D eigenvalue weighted by atomic mass is 16.5. The Labute approximate surface area is 121 Å². The quantitative estimate of drug-likeness (QED) is 0.752. The summed E-state index contributed by atoms with van der Waals surface area (Å²) >= 11 is 0. The van der Waals surface area contributed by atoms with Gasteiger partial charge in [-0.1, -0.05) is 27.2 Å². The zero-order valence-corrected chi connectivity index (χ0v) is 12.8. The first kappa shape index (κ1) is 17.0. The molecule has 1 rings (SSSR count). The number of amides is 1. The predicted octanol–water partition coefficient (Wildman–Crippen LogP) is 2.20. The fourth-order valence-electron chi connectivity index (χ4n) is 2.83. The van der Waals surface area contributed by atoms with Crippen LogP contribution in [0.3, 0.4) is 0 Å². The first-order valence-electron chi connectivity index (χ1n) is 7.52. The van der Waals surface area contributed by atoms with Crippen LogP contribution in [0, 0.1) is 11.8 Å². The van der Waals surface area contributed by atoms with Crippen molar-refractivity contribution in [3.05, 3.63) is 0 Å². The van der Waals surface area contributed by atoms with Crippen molar-refractivity contribution >= 4 is 11.9 Å². The lowest BCUT2D eigenvalue weighted by Crippen LogP contribution is -2.55. The molecule has 1 aliphatic rings. The van der Waals surface area contributed by atoms with Crippen LogP contribution in [0.1, 0.15) is 52.9 Å². The third kappa shape index (κ3) is 4.78. The molecule has 20 heavy (non-hydrogen) atoms. The molecule has 2 N–H and O–H groups in total. The summed E-state index contributed by atoms with van der Waals surface area (Å²) in [5, 5.41) is 12.1. The van der Waals surface area contributed by atoms with E-state index in [0.29, 0.717) is 26.1 Å². The third-order valence-electron chi connectivity index (χ3n) is 4.07. The molecule has 1 amide bonds. The second kappa shape index (κ2) is 7.62.